The van der Waals surface area contributed by atoms with Crippen molar-refractivity contribution in [3.63, 3.8) is 0 Å². The highest BCUT2D eigenvalue weighted by molar-refractivity contribution is 5.84. The molecule has 6 nitrogen and oxygen atoms in total. The maximum atomic E-state index is 12.8. The Morgan fingerprint density at radius 2 is 1.88 bits per heavy atom. The molecule has 0 unspecified atom stereocenters. The molecule has 3 heterocycles. The lowest BCUT2D eigenvalue weighted by Crippen LogP contribution is -2.53. The van der Waals surface area contributed by atoms with Gasteiger partial charge in [-0.3, -0.25) is 9.69 Å². The predicted octanol–water partition coefficient (Wildman–Crippen LogP) is 4.46. The second kappa shape index (κ2) is 9.31. The molecular weight excluding hydrogens is 447 g/mol. The lowest BCUT2D eigenvalue weighted by molar-refractivity contribution is -0.274. The minimum absolute atomic E-state index is 0.0167. The molecule has 2 fully saturated rings. The Labute approximate surface area is 195 Å². The van der Waals surface area contributed by atoms with Gasteiger partial charge in [0.05, 0.1) is 12.1 Å². The predicted molar refractivity (Wildman–Crippen MR) is 120 cm³/mol. The molecule has 0 saturated carbocycles. The molecule has 34 heavy (non-hydrogen) atoms. The Kier molecular flexibility index (Phi) is 6.22. The van der Waals surface area contributed by atoms with E-state index < -0.39 is 6.36 Å². The van der Waals surface area contributed by atoms with Gasteiger partial charge in [-0.1, -0.05) is 30.3 Å². The van der Waals surface area contributed by atoms with Gasteiger partial charge in [0.1, 0.15) is 12.4 Å². The van der Waals surface area contributed by atoms with Gasteiger partial charge in [-0.15, -0.1) is 13.2 Å². The van der Waals surface area contributed by atoms with E-state index in [0.29, 0.717) is 19.6 Å². The van der Waals surface area contributed by atoms with Crippen molar-refractivity contribution in [2.45, 2.75) is 44.4 Å². The molecule has 3 aromatic rings. The zero-order valence-corrected chi connectivity index (χ0v) is 18.6. The van der Waals surface area contributed by atoms with Crippen LogP contribution in [0.2, 0.25) is 0 Å². The lowest BCUT2D eigenvalue weighted by atomic mass is 10.0. The van der Waals surface area contributed by atoms with Crippen LogP contribution in [0, 0.1) is 0 Å². The van der Waals surface area contributed by atoms with E-state index in [1.807, 2.05) is 29.3 Å². The number of aromatic nitrogens is 1. The van der Waals surface area contributed by atoms with Crippen molar-refractivity contribution in [1.82, 2.24) is 14.8 Å². The van der Waals surface area contributed by atoms with Crippen molar-refractivity contribution in [3.8, 4) is 5.75 Å². The Morgan fingerprint density at radius 1 is 1.06 bits per heavy atom. The van der Waals surface area contributed by atoms with Crippen LogP contribution in [-0.2, 0) is 22.6 Å². The summed E-state index contributed by atoms with van der Waals surface area (Å²) in [6.07, 6.45) is -1.33. The summed E-state index contributed by atoms with van der Waals surface area (Å²) in [4.78, 5) is 20.2. The van der Waals surface area contributed by atoms with E-state index in [1.165, 1.54) is 12.1 Å². The van der Waals surface area contributed by atoms with Gasteiger partial charge in [0, 0.05) is 43.3 Å². The summed E-state index contributed by atoms with van der Waals surface area (Å²) in [6.45, 7) is 2.54. The van der Waals surface area contributed by atoms with Gasteiger partial charge in [0.25, 0.3) is 0 Å². The van der Waals surface area contributed by atoms with Crippen molar-refractivity contribution in [3.05, 3.63) is 65.9 Å². The number of morpholine rings is 1. The third kappa shape index (κ3) is 5.05. The second-order valence-corrected chi connectivity index (χ2v) is 8.85. The maximum absolute atomic E-state index is 12.8. The van der Waals surface area contributed by atoms with E-state index in [9.17, 15) is 18.0 Å². The molecule has 1 aromatic heterocycles. The average molecular weight is 473 g/mol. The number of carbonyl (C=O) groups is 1. The van der Waals surface area contributed by atoms with E-state index in [0.717, 1.165) is 41.4 Å². The zero-order chi connectivity index (χ0) is 23.7. The van der Waals surface area contributed by atoms with E-state index in [-0.39, 0.29) is 30.4 Å². The Hall–Kier alpha value is -3.04. The smallest absolute Gasteiger partial charge is 0.406 e. The third-order valence-corrected chi connectivity index (χ3v) is 6.60. The first-order chi connectivity index (χ1) is 16.4. The lowest BCUT2D eigenvalue weighted by Gasteiger charge is -2.40. The Bertz CT molecular complexity index is 1160. The summed E-state index contributed by atoms with van der Waals surface area (Å²) in [5.41, 5.74) is 2.87. The van der Waals surface area contributed by atoms with E-state index in [2.05, 4.69) is 20.7 Å². The van der Waals surface area contributed by atoms with Crippen LogP contribution >= 0.6 is 0 Å². The van der Waals surface area contributed by atoms with Crippen LogP contribution in [0.25, 0.3) is 10.9 Å². The number of rotatable bonds is 5. The first-order valence-electron chi connectivity index (χ1n) is 11.4. The van der Waals surface area contributed by atoms with Gasteiger partial charge in [0.15, 0.2) is 0 Å². The first-order valence-corrected chi connectivity index (χ1v) is 11.4. The summed E-state index contributed by atoms with van der Waals surface area (Å²) in [7, 11) is 0. The number of para-hydroxylation sites is 1. The van der Waals surface area contributed by atoms with Crippen molar-refractivity contribution < 1.29 is 27.4 Å². The Balaban J connectivity index is 1.28. The molecule has 2 aliphatic rings. The molecule has 5 rings (SSSR count). The number of nitrogens with one attached hydrogen (secondary N) is 1. The fourth-order valence-corrected chi connectivity index (χ4v) is 5.02. The summed E-state index contributed by atoms with van der Waals surface area (Å²) < 4.78 is 47.7. The van der Waals surface area contributed by atoms with Gasteiger partial charge in [-0.05, 0) is 42.2 Å². The van der Waals surface area contributed by atoms with Crippen LogP contribution in [-0.4, -0.2) is 58.9 Å². The third-order valence-electron chi connectivity index (χ3n) is 6.60. The SMILES string of the molecule is O=C1CO[C@H]2CCN(Cc3cccc(OC(F)(F)F)c3)CC[C@@H]2N1Cc1c[nH]c2ccccc12. The summed E-state index contributed by atoms with van der Waals surface area (Å²) in [6, 6.07) is 14.1. The monoisotopic (exact) mass is 473 g/mol. The number of aromatic amines is 1. The number of likely N-dealkylation sites (tertiary alicyclic amines) is 1. The normalized spacial score (nSPS) is 22.0. The highest BCUT2D eigenvalue weighted by Crippen LogP contribution is 2.29. The minimum Gasteiger partial charge on any atom is -0.406 e. The van der Waals surface area contributed by atoms with Crippen molar-refractivity contribution in [2.24, 2.45) is 0 Å². The quantitative estimate of drug-likeness (QED) is 0.595. The van der Waals surface area contributed by atoms with E-state index in [4.69, 9.17) is 4.74 Å². The molecule has 1 N–H and O–H groups in total. The molecule has 2 atom stereocenters. The largest absolute Gasteiger partial charge is 0.573 e. The van der Waals surface area contributed by atoms with Crippen molar-refractivity contribution >= 4 is 16.8 Å². The number of fused-ring (bicyclic) bond motifs is 2. The fourth-order valence-electron chi connectivity index (χ4n) is 5.02. The van der Waals surface area contributed by atoms with Gasteiger partial charge >= 0.3 is 6.36 Å². The van der Waals surface area contributed by atoms with Crippen LogP contribution < -0.4 is 4.74 Å². The van der Waals surface area contributed by atoms with Crippen LogP contribution in [0.5, 0.6) is 5.75 Å². The van der Waals surface area contributed by atoms with Crippen LogP contribution in [0.4, 0.5) is 13.2 Å². The number of alkyl halides is 3. The number of benzene rings is 2. The van der Waals surface area contributed by atoms with Crippen molar-refractivity contribution in [2.75, 3.05) is 19.7 Å². The minimum atomic E-state index is -4.71. The molecule has 0 spiro atoms. The molecule has 180 valence electrons. The standard InChI is InChI=1S/C25H26F3N3O3/c26-25(27,28)34-19-5-3-4-17(12-19)14-30-10-8-22-23(9-11-30)33-16-24(32)31(22)15-18-13-29-21-7-2-1-6-20(18)21/h1-7,12-13,22-23,29H,8-11,14-16H2/t22-,23-/m0/s1. The molecule has 0 radical (unpaired) electrons. The number of halogens is 3. The van der Waals surface area contributed by atoms with E-state index >= 15 is 0 Å². The zero-order valence-electron chi connectivity index (χ0n) is 18.6. The van der Waals surface area contributed by atoms with Crippen LogP contribution in [0.1, 0.15) is 24.0 Å². The number of hydrogen-bond donors (Lipinski definition) is 1. The van der Waals surface area contributed by atoms with Crippen LogP contribution in [0.15, 0.2) is 54.7 Å². The molecule has 0 bridgehead atoms. The van der Waals surface area contributed by atoms with Gasteiger partial charge in [-0.2, -0.15) is 0 Å². The summed E-state index contributed by atoms with van der Waals surface area (Å²) in [5.74, 6) is -0.232. The fraction of sp³-hybridized carbons (Fsp3) is 0.400. The van der Waals surface area contributed by atoms with E-state index in [1.54, 1.807) is 12.1 Å². The number of H-pyrrole nitrogens is 1. The van der Waals surface area contributed by atoms with Gasteiger partial charge < -0.3 is 19.4 Å². The van der Waals surface area contributed by atoms with Gasteiger partial charge in [-0.25, -0.2) is 0 Å². The molecular formula is C25H26F3N3O3. The number of carbonyl (C=O) groups excluding carboxylic acids is 1. The number of amides is 1. The topological polar surface area (TPSA) is 57.8 Å². The number of ether oxygens (including phenoxy) is 2. The molecule has 1 amide bonds. The molecule has 9 heteroatoms. The average Bonchev–Trinajstić information content (AvgIpc) is 3.09. The highest BCUT2D eigenvalue weighted by Gasteiger charge is 2.38. The first kappa shape index (κ1) is 22.7. The summed E-state index contributed by atoms with van der Waals surface area (Å²) in [5, 5.41) is 1.11. The second-order valence-electron chi connectivity index (χ2n) is 8.85. The highest BCUT2D eigenvalue weighted by atomic mass is 19.4. The molecule has 0 aliphatic carbocycles. The molecule has 2 aliphatic heterocycles. The number of hydrogen-bond acceptors (Lipinski definition) is 4. The van der Waals surface area contributed by atoms with Crippen molar-refractivity contribution in [1.29, 1.82) is 0 Å². The maximum Gasteiger partial charge on any atom is 0.573 e. The number of nitrogens with zero attached hydrogens (tertiary/aromatic N) is 2. The summed E-state index contributed by atoms with van der Waals surface area (Å²) >= 11 is 0. The van der Waals surface area contributed by atoms with Crippen LogP contribution in [0.3, 0.4) is 0 Å². The molecule has 2 aromatic carbocycles. The molecule has 2 saturated heterocycles. The Morgan fingerprint density at radius 3 is 2.74 bits per heavy atom. The van der Waals surface area contributed by atoms with Gasteiger partial charge in [0.2, 0.25) is 5.91 Å².